The number of nitrogens with zero attached hydrogens (tertiary/aromatic N) is 1. The maximum absolute atomic E-state index is 12.5. The second-order valence-corrected chi connectivity index (χ2v) is 6.81. The quantitative estimate of drug-likeness (QED) is 0.665. The third-order valence-corrected chi connectivity index (χ3v) is 4.51. The molecule has 25 heavy (non-hydrogen) atoms. The molecule has 140 valence electrons. The fourth-order valence-corrected chi connectivity index (χ4v) is 2.63. The number of nitrogens with one attached hydrogen (secondary N) is 1. The van der Waals surface area contributed by atoms with Crippen molar-refractivity contribution in [2.24, 2.45) is 0 Å². The average molecular weight is 348 g/mol. The lowest BCUT2D eigenvalue weighted by Crippen LogP contribution is -2.41. The standard InChI is InChI=1S/C20H32N2O3/c1-5-11-24-18-10-7-16(13-19(18)25-12-6-2)20(23)21-14-15(3)22(4)17-8-9-17/h7,10,13,15,17H,5-6,8-9,11-12,14H2,1-4H3,(H,21,23). The summed E-state index contributed by atoms with van der Waals surface area (Å²) in [7, 11) is 2.13. The monoisotopic (exact) mass is 348 g/mol. The molecule has 1 unspecified atom stereocenters. The lowest BCUT2D eigenvalue weighted by molar-refractivity contribution is 0.0939. The first-order valence-corrected chi connectivity index (χ1v) is 9.46. The van der Waals surface area contributed by atoms with Crippen molar-refractivity contribution in [3.63, 3.8) is 0 Å². The van der Waals surface area contributed by atoms with Crippen molar-refractivity contribution in [3.8, 4) is 11.5 Å². The summed E-state index contributed by atoms with van der Waals surface area (Å²) in [6.45, 7) is 8.16. The number of carbonyl (C=O) groups is 1. The van der Waals surface area contributed by atoms with Crippen LogP contribution in [0.1, 0.15) is 56.8 Å². The summed E-state index contributed by atoms with van der Waals surface area (Å²) in [6.07, 6.45) is 4.38. The minimum atomic E-state index is -0.0700. The van der Waals surface area contributed by atoms with Crippen LogP contribution in [0.25, 0.3) is 0 Å². The molecule has 0 heterocycles. The van der Waals surface area contributed by atoms with Crippen molar-refractivity contribution in [1.82, 2.24) is 10.2 Å². The van der Waals surface area contributed by atoms with Gasteiger partial charge in [-0.25, -0.2) is 0 Å². The van der Waals surface area contributed by atoms with Crippen LogP contribution >= 0.6 is 0 Å². The van der Waals surface area contributed by atoms with E-state index in [0.717, 1.165) is 12.8 Å². The van der Waals surface area contributed by atoms with Crippen LogP contribution in [0, 0.1) is 0 Å². The highest BCUT2D eigenvalue weighted by Crippen LogP contribution is 2.29. The Kier molecular flexibility index (Phi) is 7.56. The maximum Gasteiger partial charge on any atom is 0.251 e. The van der Waals surface area contributed by atoms with E-state index in [-0.39, 0.29) is 5.91 Å². The zero-order valence-corrected chi connectivity index (χ0v) is 16.0. The fourth-order valence-electron chi connectivity index (χ4n) is 2.63. The molecule has 5 heteroatoms. The van der Waals surface area contributed by atoms with Crippen molar-refractivity contribution in [1.29, 1.82) is 0 Å². The number of hydrogen-bond donors (Lipinski definition) is 1. The maximum atomic E-state index is 12.5. The molecule has 0 aliphatic heterocycles. The van der Waals surface area contributed by atoms with E-state index in [0.29, 0.717) is 48.9 Å². The Morgan fingerprint density at radius 1 is 1.20 bits per heavy atom. The van der Waals surface area contributed by atoms with E-state index in [1.807, 2.05) is 6.07 Å². The van der Waals surface area contributed by atoms with Gasteiger partial charge in [0.15, 0.2) is 11.5 Å². The molecule has 0 bridgehead atoms. The number of amides is 1. The number of ether oxygens (including phenoxy) is 2. The van der Waals surface area contributed by atoms with Crippen molar-refractivity contribution < 1.29 is 14.3 Å². The first-order valence-electron chi connectivity index (χ1n) is 9.46. The summed E-state index contributed by atoms with van der Waals surface area (Å²) in [5.74, 6) is 1.28. The van der Waals surface area contributed by atoms with E-state index in [4.69, 9.17) is 9.47 Å². The molecule has 0 saturated heterocycles. The van der Waals surface area contributed by atoms with Crippen LogP contribution < -0.4 is 14.8 Å². The molecule has 5 nitrogen and oxygen atoms in total. The van der Waals surface area contributed by atoms with Crippen LogP contribution in [0.3, 0.4) is 0 Å². The second kappa shape index (κ2) is 9.66. The van der Waals surface area contributed by atoms with Crippen LogP contribution in [0.15, 0.2) is 18.2 Å². The van der Waals surface area contributed by atoms with Gasteiger partial charge >= 0.3 is 0 Å². The van der Waals surface area contributed by atoms with E-state index in [2.05, 4.69) is 38.0 Å². The Bertz CT molecular complexity index is 558. The largest absolute Gasteiger partial charge is 0.490 e. The van der Waals surface area contributed by atoms with Gasteiger partial charge in [0.2, 0.25) is 0 Å². The molecule has 1 N–H and O–H groups in total. The molecule has 1 aliphatic carbocycles. The van der Waals surface area contributed by atoms with Gasteiger partial charge in [0.1, 0.15) is 0 Å². The minimum Gasteiger partial charge on any atom is -0.490 e. The highest BCUT2D eigenvalue weighted by atomic mass is 16.5. The summed E-state index contributed by atoms with van der Waals surface area (Å²) in [6, 6.07) is 6.44. The van der Waals surface area contributed by atoms with Crippen molar-refractivity contribution in [3.05, 3.63) is 23.8 Å². The van der Waals surface area contributed by atoms with Crippen LogP contribution in [0.2, 0.25) is 0 Å². The first-order chi connectivity index (χ1) is 12.1. The number of likely N-dealkylation sites (N-methyl/N-ethyl adjacent to an activating group) is 1. The van der Waals surface area contributed by atoms with Gasteiger partial charge in [-0.3, -0.25) is 9.69 Å². The molecule has 1 aromatic rings. The molecule has 1 amide bonds. The smallest absolute Gasteiger partial charge is 0.251 e. The van der Waals surface area contributed by atoms with E-state index >= 15 is 0 Å². The molecule has 2 rings (SSSR count). The van der Waals surface area contributed by atoms with Gasteiger partial charge in [0.25, 0.3) is 5.91 Å². The molecule has 1 atom stereocenters. The van der Waals surface area contributed by atoms with Gasteiger partial charge in [-0.2, -0.15) is 0 Å². The molecule has 0 aromatic heterocycles. The second-order valence-electron chi connectivity index (χ2n) is 6.81. The number of benzene rings is 1. The van der Waals surface area contributed by atoms with E-state index < -0.39 is 0 Å². The summed E-state index contributed by atoms with van der Waals surface area (Å²) >= 11 is 0. The van der Waals surface area contributed by atoms with Gasteiger partial charge in [0.05, 0.1) is 13.2 Å². The summed E-state index contributed by atoms with van der Waals surface area (Å²) in [5, 5.41) is 3.03. The SMILES string of the molecule is CCCOc1ccc(C(=O)NCC(C)N(C)C2CC2)cc1OCCC. The molecule has 0 spiro atoms. The summed E-state index contributed by atoms with van der Waals surface area (Å²) in [5.41, 5.74) is 0.608. The van der Waals surface area contributed by atoms with Gasteiger partial charge in [-0.05, 0) is 57.9 Å². The summed E-state index contributed by atoms with van der Waals surface area (Å²) in [4.78, 5) is 14.8. The van der Waals surface area contributed by atoms with Crippen LogP contribution in [0.4, 0.5) is 0 Å². The average Bonchev–Trinajstić information content (AvgIpc) is 3.47. The zero-order valence-electron chi connectivity index (χ0n) is 16.0. The Balaban J connectivity index is 1.97. The first kappa shape index (κ1) is 19.6. The van der Waals surface area contributed by atoms with Crippen LogP contribution in [-0.2, 0) is 0 Å². The molecule has 1 aromatic carbocycles. The van der Waals surface area contributed by atoms with Crippen molar-refractivity contribution >= 4 is 5.91 Å². The minimum absolute atomic E-state index is 0.0700. The van der Waals surface area contributed by atoms with Gasteiger partial charge in [-0.1, -0.05) is 13.8 Å². The van der Waals surface area contributed by atoms with E-state index in [9.17, 15) is 4.79 Å². The Labute approximate surface area is 151 Å². The Morgan fingerprint density at radius 2 is 1.84 bits per heavy atom. The van der Waals surface area contributed by atoms with Gasteiger partial charge in [0, 0.05) is 24.2 Å². The van der Waals surface area contributed by atoms with Crippen LogP contribution in [-0.4, -0.2) is 49.7 Å². The number of carbonyl (C=O) groups excluding carboxylic acids is 1. The number of hydrogen-bond acceptors (Lipinski definition) is 4. The third kappa shape index (κ3) is 5.92. The predicted octanol–water partition coefficient (Wildman–Crippen LogP) is 3.48. The molecule has 1 aliphatic rings. The third-order valence-electron chi connectivity index (χ3n) is 4.51. The molecule has 1 saturated carbocycles. The highest BCUT2D eigenvalue weighted by molar-refractivity contribution is 5.94. The van der Waals surface area contributed by atoms with E-state index in [1.54, 1.807) is 12.1 Å². The molecular formula is C20H32N2O3. The highest BCUT2D eigenvalue weighted by Gasteiger charge is 2.29. The molecule has 1 fully saturated rings. The molecular weight excluding hydrogens is 316 g/mol. The van der Waals surface area contributed by atoms with Crippen LogP contribution in [0.5, 0.6) is 11.5 Å². The normalized spacial score (nSPS) is 15.1. The fraction of sp³-hybridized carbons (Fsp3) is 0.650. The lowest BCUT2D eigenvalue weighted by atomic mass is 10.1. The van der Waals surface area contributed by atoms with Gasteiger partial charge in [-0.15, -0.1) is 0 Å². The zero-order chi connectivity index (χ0) is 18.2. The van der Waals surface area contributed by atoms with Gasteiger partial charge < -0.3 is 14.8 Å². The lowest BCUT2D eigenvalue weighted by Gasteiger charge is -2.24. The van der Waals surface area contributed by atoms with Crippen molar-refractivity contribution in [2.75, 3.05) is 26.8 Å². The Hall–Kier alpha value is -1.75. The van der Waals surface area contributed by atoms with Crippen molar-refractivity contribution in [2.45, 2.75) is 58.5 Å². The Morgan fingerprint density at radius 3 is 2.44 bits per heavy atom. The summed E-state index contributed by atoms with van der Waals surface area (Å²) < 4.78 is 11.5. The topological polar surface area (TPSA) is 50.8 Å². The molecule has 0 radical (unpaired) electrons. The number of rotatable bonds is 11. The van der Waals surface area contributed by atoms with E-state index in [1.165, 1.54) is 12.8 Å². The predicted molar refractivity (Wildman–Crippen MR) is 101 cm³/mol.